The molecular weight excluding hydrogens is 221 g/mol. The molecule has 14 heavy (non-hydrogen) atoms. The molecular formula is C10H9Cl2NO. The molecule has 2 nitrogen and oxygen atoms in total. The second kappa shape index (κ2) is 5.09. The summed E-state index contributed by atoms with van der Waals surface area (Å²) in [5, 5.41) is 9.32. The van der Waals surface area contributed by atoms with Crippen LogP contribution in [0.5, 0.6) is 5.75 Å². The summed E-state index contributed by atoms with van der Waals surface area (Å²) in [7, 11) is 1.53. The van der Waals surface area contributed by atoms with Crippen molar-refractivity contribution in [1.29, 1.82) is 5.26 Å². The highest BCUT2D eigenvalue weighted by Crippen LogP contribution is 2.34. The van der Waals surface area contributed by atoms with Gasteiger partial charge >= 0.3 is 0 Å². The number of hydrogen-bond acceptors (Lipinski definition) is 2. The lowest BCUT2D eigenvalue weighted by molar-refractivity contribution is 0.415. The number of rotatable bonds is 3. The molecule has 0 saturated heterocycles. The van der Waals surface area contributed by atoms with Crippen molar-refractivity contribution < 1.29 is 4.74 Å². The average molecular weight is 230 g/mol. The number of ether oxygens (including phenoxy) is 1. The van der Waals surface area contributed by atoms with Gasteiger partial charge in [-0.1, -0.05) is 29.3 Å². The van der Waals surface area contributed by atoms with Crippen LogP contribution in [-0.2, 0) is 6.42 Å². The van der Waals surface area contributed by atoms with Crippen molar-refractivity contribution in [2.75, 3.05) is 7.11 Å². The number of nitrogens with zero attached hydrogens (tertiary/aromatic N) is 1. The van der Waals surface area contributed by atoms with Gasteiger partial charge in [0.2, 0.25) is 0 Å². The summed E-state index contributed by atoms with van der Waals surface area (Å²) < 4.78 is 5.00. The Hall–Kier alpha value is -0.910. The molecule has 0 heterocycles. The van der Waals surface area contributed by atoms with Crippen LogP contribution < -0.4 is 4.74 Å². The SMILES string of the molecule is COc1ccc(CCC#N)c(Cl)c1Cl. The first kappa shape index (κ1) is 11.2. The molecule has 0 atom stereocenters. The quantitative estimate of drug-likeness (QED) is 0.796. The smallest absolute Gasteiger partial charge is 0.138 e. The molecule has 0 aromatic heterocycles. The summed E-state index contributed by atoms with van der Waals surface area (Å²) >= 11 is 11.9. The van der Waals surface area contributed by atoms with Crippen LogP contribution in [0, 0.1) is 11.3 Å². The van der Waals surface area contributed by atoms with E-state index in [-0.39, 0.29) is 0 Å². The minimum absolute atomic E-state index is 0.407. The predicted octanol–water partition coefficient (Wildman–Crippen LogP) is 3.46. The Morgan fingerprint density at radius 1 is 1.36 bits per heavy atom. The lowest BCUT2D eigenvalue weighted by atomic mass is 10.1. The van der Waals surface area contributed by atoms with E-state index in [1.807, 2.05) is 6.07 Å². The lowest BCUT2D eigenvalue weighted by Crippen LogP contribution is -1.90. The summed E-state index contributed by atoms with van der Waals surface area (Å²) in [6.07, 6.45) is 1.04. The number of hydrogen-bond donors (Lipinski definition) is 0. The fraction of sp³-hybridized carbons (Fsp3) is 0.300. The molecule has 1 aromatic carbocycles. The Balaban J connectivity index is 2.99. The van der Waals surface area contributed by atoms with Crippen LogP contribution in [0.3, 0.4) is 0 Å². The highest BCUT2D eigenvalue weighted by molar-refractivity contribution is 6.43. The first-order valence-corrected chi connectivity index (χ1v) is 4.84. The Morgan fingerprint density at radius 3 is 2.64 bits per heavy atom. The van der Waals surface area contributed by atoms with Crippen molar-refractivity contribution in [2.24, 2.45) is 0 Å². The van der Waals surface area contributed by atoms with E-state index >= 15 is 0 Å². The van der Waals surface area contributed by atoms with Gasteiger partial charge < -0.3 is 4.74 Å². The maximum atomic E-state index is 8.44. The second-order valence-corrected chi connectivity index (χ2v) is 3.47. The first-order chi connectivity index (χ1) is 6.70. The number of methoxy groups -OCH3 is 1. The number of benzene rings is 1. The fourth-order valence-electron chi connectivity index (χ4n) is 1.11. The minimum atomic E-state index is 0.407. The van der Waals surface area contributed by atoms with Gasteiger partial charge in [-0.25, -0.2) is 0 Å². The molecule has 1 rings (SSSR count). The molecule has 0 aliphatic rings. The van der Waals surface area contributed by atoms with Crippen molar-refractivity contribution >= 4 is 23.2 Å². The molecule has 0 amide bonds. The lowest BCUT2D eigenvalue weighted by Gasteiger charge is -2.07. The third-order valence-electron chi connectivity index (χ3n) is 1.85. The largest absolute Gasteiger partial charge is 0.495 e. The number of nitriles is 1. The van der Waals surface area contributed by atoms with E-state index in [0.29, 0.717) is 28.6 Å². The van der Waals surface area contributed by atoms with Crippen LogP contribution >= 0.6 is 23.2 Å². The normalized spacial score (nSPS) is 9.57. The molecule has 0 aliphatic heterocycles. The molecule has 4 heteroatoms. The zero-order chi connectivity index (χ0) is 10.6. The van der Waals surface area contributed by atoms with Crippen LogP contribution in [0.4, 0.5) is 0 Å². The van der Waals surface area contributed by atoms with Crippen molar-refractivity contribution in [1.82, 2.24) is 0 Å². The van der Waals surface area contributed by atoms with E-state index in [4.69, 9.17) is 33.2 Å². The van der Waals surface area contributed by atoms with Gasteiger partial charge in [0.05, 0.1) is 18.2 Å². The Kier molecular flexibility index (Phi) is 4.06. The summed E-state index contributed by atoms with van der Waals surface area (Å²) in [5.74, 6) is 0.553. The van der Waals surface area contributed by atoms with E-state index in [9.17, 15) is 0 Å². The minimum Gasteiger partial charge on any atom is -0.495 e. The molecule has 74 valence electrons. The van der Waals surface area contributed by atoms with Gasteiger partial charge in [0.15, 0.2) is 0 Å². The van der Waals surface area contributed by atoms with Crippen LogP contribution in [0.25, 0.3) is 0 Å². The maximum absolute atomic E-state index is 8.44. The predicted molar refractivity (Wildman–Crippen MR) is 56.9 cm³/mol. The molecule has 0 unspecified atom stereocenters. The van der Waals surface area contributed by atoms with E-state index in [1.165, 1.54) is 7.11 Å². The van der Waals surface area contributed by atoms with E-state index < -0.39 is 0 Å². The van der Waals surface area contributed by atoms with E-state index in [2.05, 4.69) is 6.07 Å². The molecule has 0 aliphatic carbocycles. The number of aryl methyl sites for hydroxylation is 1. The standard InChI is InChI=1S/C10H9Cl2NO/c1-14-8-5-4-7(3-2-6-13)9(11)10(8)12/h4-5H,2-3H2,1H3. The second-order valence-electron chi connectivity index (χ2n) is 2.71. The summed E-state index contributed by atoms with van der Waals surface area (Å²) in [6, 6.07) is 5.63. The molecule has 0 saturated carbocycles. The topological polar surface area (TPSA) is 33.0 Å². The van der Waals surface area contributed by atoms with Gasteiger partial charge in [-0.3, -0.25) is 0 Å². The van der Waals surface area contributed by atoms with Crippen molar-refractivity contribution in [2.45, 2.75) is 12.8 Å². The van der Waals surface area contributed by atoms with Crippen molar-refractivity contribution in [3.63, 3.8) is 0 Å². The zero-order valence-electron chi connectivity index (χ0n) is 7.68. The van der Waals surface area contributed by atoms with E-state index in [1.54, 1.807) is 6.07 Å². The highest BCUT2D eigenvalue weighted by atomic mass is 35.5. The van der Waals surface area contributed by atoms with Gasteiger partial charge in [-0.15, -0.1) is 0 Å². The van der Waals surface area contributed by atoms with Gasteiger partial charge in [0, 0.05) is 6.42 Å². The number of halogens is 2. The third kappa shape index (κ3) is 2.31. The average Bonchev–Trinajstić information content (AvgIpc) is 2.20. The summed E-state index contributed by atoms with van der Waals surface area (Å²) in [5.41, 5.74) is 0.874. The molecule has 0 spiro atoms. The molecule has 0 fully saturated rings. The molecule has 0 bridgehead atoms. The van der Waals surface area contributed by atoms with Crippen LogP contribution in [0.2, 0.25) is 10.0 Å². The third-order valence-corrected chi connectivity index (χ3v) is 2.76. The van der Waals surface area contributed by atoms with Crippen LogP contribution in [0.1, 0.15) is 12.0 Å². The van der Waals surface area contributed by atoms with E-state index in [0.717, 1.165) is 5.56 Å². The van der Waals surface area contributed by atoms with Gasteiger partial charge in [-0.2, -0.15) is 5.26 Å². The Labute approximate surface area is 93.0 Å². The monoisotopic (exact) mass is 229 g/mol. The van der Waals surface area contributed by atoms with Crippen molar-refractivity contribution in [3.8, 4) is 11.8 Å². The van der Waals surface area contributed by atoms with Gasteiger partial charge in [-0.05, 0) is 18.1 Å². The molecule has 0 radical (unpaired) electrons. The Bertz CT molecular complexity index is 371. The Morgan fingerprint density at radius 2 is 2.07 bits per heavy atom. The van der Waals surface area contributed by atoms with Gasteiger partial charge in [0.1, 0.15) is 10.8 Å². The summed E-state index contributed by atoms with van der Waals surface area (Å²) in [4.78, 5) is 0. The maximum Gasteiger partial charge on any atom is 0.138 e. The summed E-state index contributed by atoms with van der Waals surface area (Å²) in [6.45, 7) is 0. The first-order valence-electron chi connectivity index (χ1n) is 4.08. The zero-order valence-corrected chi connectivity index (χ0v) is 9.19. The van der Waals surface area contributed by atoms with Crippen molar-refractivity contribution in [3.05, 3.63) is 27.7 Å². The van der Waals surface area contributed by atoms with Gasteiger partial charge in [0.25, 0.3) is 0 Å². The molecule has 1 aromatic rings. The molecule has 0 N–H and O–H groups in total. The van der Waals surface area contributed by atoms with Crippen LogP contribution in [-0.4, -0.2) is 7.11 Å². The highest BCUT2D eigenvalue weighted by Gasteiger charge is 2.09. The fourth-order valence-corrected chi connectivity index (χ4v) is 1.63. The van der Waals surface area contributed by atoms with Crippen LogP contribution in [0.15, 0.2) is 12.1 Å².